The Balaban J connectivity index is 1.38. The topological polar surface area (TPSA) is 83.1 Å². The molecule has 0 saturated carbocycles. The van der Waals surface area contributed by atoms with Gasteiger partial charge < -0.3 is 19.9 Å². The minimum Gasteiger partial charge on any atom is -0.378 e. The van der Waals surface area contributed by atoms with Gasteiger partial charge in [0.25, 0.3) is 5.91 Å². The van der Waals surface area contributed by atoms with Gasteiger partial charge in [0.2, 0.25) is 5.95 Å². The monoisotopic (exact) mass is 377 g/mol. The molecule has 0 spiro atoms. The highest BCUT2D eigenvalue weighted by Gasteiger charge is 2.18. The lowest BCUT2D eigenvalue weighted by Gasteiger charge is -2.26. The number of morpholine rings is 1. The third kappa shape index (κ3) is 3.22. The van der Waals surface area contributed by atoms with Gasteiger partial charge in [0.05, 0.1) is 13.2 Å². The molecule has 7 heteroatoms. The summed E-state index contributed by atoms with van der Waals surface area (Å²) in [6, 6.07) is 7.70. The molecule has 2 aromatic heterocycles. The van der Waals surface area contributed by atoms with E-state index in [1.54, 1.807) is 12.3 Å². The Labute approximate surface area is 163 Å². The van der Waals surface area contributed by atoms with Crippen molar-refractivity contribution in [1.82, 2.24) is 15.0 Å². The van der Waals surface area contributed by atoms with Gasteiger partial charge in [0, 0.05) is 41.6 Å². The molecule has 2 aliphatic rings. The van der Waals surface area contributed by atoms with Gasteiger partial charge in [-0.15, -0.1) is 0 Å². The smallest absolute Gasteiger partial charge is 0.274 e. The maximum atomic E-state index is 12.8. The fraction of sp³-hybridized carbons (Fsp3) is 0.381. The molecule has 0 bridgehead atoms. The van der Waals surface area contributed by atoms with Crippen LogP contribution in [0.4, 0.5) is 11.6 Å². The number of aromatic amines is 1. The number of aromatic nitrogens is 3. The van der Waals surface area contributed by atoms with Crippen molar-refractivity contribution in [3.8, 4) is 0 Å². The summed E-state index contributed by atoms with van der Waals surface area (Å²) in [5.74, 6) is 0.353. The van der Waals surface area contributed by atoms with Gasteiger partial charge >= 0.3 is 0 Å². The SMILES string of the molecule is O=C(Nc1ccc2[nH]c3c(c2c1)CCCC3)c1ccnc(N2CCOCC2)n1. The number of amides is 1. The molecular weight excluding hydrogens is 354 g/mol. The van der Waals surface area contributed by atoms with E-state index in [0.717, 1.165) is 37.1 Å². The van der Waals surface area contributed by atoms with Crippen LogP contribution in [0.2, 0.25) is 0 Å². The number of hydrogen-bond acceptors (Lipinski definition) is 5. The van der Waals surface area contributed by atoms with Crippen LogP contribution in [-0.2, 0) is 17.6 Å². The zero-order chi connectivity index (χ0) is 18.9. The van der Waals surface area contributed by atoms with E-state index in [9.17, 15) is 4.79 Å². The van der Waals surface area contributed by atoms with Crippen LogP contribution in [0.15, 0.2) is 30.5 Å². The zero-order valence-corrected chi connectivity index (χ0v) is 15.7. The molecule has 1 aromatic carbocycles. The number of hydrogen-bond donors (Lipinski definition) is 2. The molecule has 3 heterocycles. The molecule has 1 amide bonds. The molecular formula is C21H23N5O2. The number of carbonyl (C=O) groups excluding carboxylic acids is 1. The Bertz CT molecular complexity index is 1020. The van der Waals surface area contributed by atoms with Crippen molar-refractivity contribution < 1.29 is 9.53 Å². The second-order valence-corrected chi connectivity index (χ2v) is 7.35. The summed E-state index contributed by atoms with van der Waals surface area (Å²) in [5.41, 5.74) is 5.04. The first-order valence-corrected chi connectivity index (χ1v) is 9.88. The maximum absolute atomic E-state index is 12.8. The highest BCUT2D eigenvalue weighted by atomic mass is 16.5. The van der Waals surface area contributed by atoms with E-state index < -0.39 is 0 Å². The standard InChI is InChI=1S/C21H23N5O2/c27-20(19-7-8-22-21(25-19)26-9-11-28-12-10-26)23-14-5-6-18-16(13-14)15-3-1-2-4-17(15)24-18/h5-8,13,24H,1-4,9-12H2,(H,23,27). The van der Waals surface area contributed by atoms with Crippen molar-refractivity contribution in [2.24, 2.45) is 0 Å². The highest BCUT2D eigenvalue weighted by molar-refractivity contribution is 6.04. The first-order valence-electron chi connectivity index (χ1n) is 9.88. The first-order chi connectivity index (χ1) is 13.8. The second-order valence-electron chi connectivity index (χ2n) is 7.35. The summed E-state index contributed by atoms with van der Waals surface area (Å²) in [7, 11) is 0. The van der Waals surface area contributed by atoms with Gasteiger partial charge in [-0.2, -0.15) is 0 Å². The van der Waals surface area contributed by atoms with E-state index in [1.165, 1.54) is 29.5 Å². The van der Waals surface area contributed by atoms with E-state index in [0.29, 0.717) is 24.9 Å². The van der Waals surface area contributed by atoms with Gasteiger partial charge in [0.15, 0.2) is 0 Å². The number of ether oxygens (including phenoxy) is 1. The van der Waals surface area contributed by atoms with Crippen molar-refractivity contribution in [3.05, 3.63) is 47.4 Å². The number of nitrogens with zero attached hydrogens (tertiary/aromatic N) is 3. The summed E-state index contributed by atoms with van der Waals surface area (Å²) in [6.45, 7) is 2.78. The van der Waals surface area contributed by atoms with Crippen molar-refractivity contribution >= 4 is 28.4 Å². The average Bonchev–Trinajstić information content (AvgIpc) is 3.12. The molecule has 1 aliphatic heterocycles. The quantitative estimate of drug-likeness (QED) is 0.733. The summed E-state index contributed by atoms with van der Waals surface area (Å²) < 4.78 is 5.37. The van der Waals surface area contributed by atoms with Crippen LogP contribution in [0.25, 0.3) is 10.9 Å². The molecule has 28 heavy (non-hydrogen) atoms. The number of H-pyrrole nitrogens is 1. The van der Waals surface area contributed by atoms with Crippen LogP contribution >= 0.6 is 0 Å². The third-order valence-electron chi connectivity index (χ3n) is 5.53. The summed E-state index contributed by atoms with van der Waals surface area (Å²) in [4.78, 5) is 27.1. The van der Waals surface area contributed by atoms with E-state index in [1.807, 2.05) is 17.0 Å². The van der Waals surface area contributed by atoms with Crippen LogP contribution in [0.5, 0.6) is 0 Å². The van der Waals surface area contributed by atoms with E-state index in [2.05, 4.69) is 26.3 Å². The number of rotatable bonds is 3. The molecule has 5 rings (SSSR count). The highest BCUT2D eigenvalue weighted by Crippen LogP contribution is 2.30. The number of anilines is 2. The van der Waals surface area contributed by atoms with Gasteiger partial charge in [-0.05, 0) is 55.5 Å². The predicted octanol–water partition coefficient (Wildman–Crippen LogP) is 2.93. The van der Waals surface area contributed by atoms with Crippen molar-refractivity contribution in [2.75, 3.05) is 36.5 Å². The largest absolute Gasteiger partial charge is 0.378 e. The molecule has 1 aliphatic carbocycles. The van der Waals surface area contributed by atoms with E-state index in [-0.39, 0.29) is 5.91 Å². The minimum atomic E-state index is -0.222. The summed E-state index contributed by atoms with van der Waals surface area (Å²) in [6.07, 6.45) is 6.31. The molecule has 3 aromatic rings. The maximum Gasteiger partial charge on any atom is 0.274 e. The summed E-state index contributed by atoms with van der Waals surface area (Å²) in [5, 5.41) is 4.20. The number of benzene rings is 1. The number of nitrogens with one attached hydrogen (secondary N) is 2. The normalized spacial score (nSPS) is 16.8. The fourth-order valence-corrected chi connectivity index (χ4v) is 4.07. The van der Waals surface area contributed by atoms with Crippen LogP contribution in [0.3, 0.4) is 0 Å². The van der Waals surface area contributed by atoms with Gasteiger partial charge in [-0.25, -0.2) is 9.97 Å². The Kier molecular flexibility index (Phi) is 4.44. The molecule has 0 atom stereocenters. The Hall–Kier alpha value is -2.93. The third-order valence-corrected chi connectivity index (χ3v) is 5.53. The number of fused-ring (bicyclic) bond motifs is 3. The molecule has 7 nitrogen and oxygen atoms in total. The van der Waals surface area contributed by atoms with Gasteiger partial charge in [-0.1, -0.05) is 0 Å². The molecule has 144 valence electrons. The van der Waals surface area contributed by atoms with Crippen LogP contribution in [-0.4, -0.2) is 47.2 Å². The Morgan fingerprint density at radius 1 is 1.14 bits per heavy atom. The van der Waals surface area contributed by atoms with Crippen molar-refractivity contribution in [3.63, 3.8) is 0 Å². The molecule has 0 radical (unpaired) electrons. The zero-order valence-electron chi connectivity index (χ0n) is 15.7. The number of aryl methyl sites for hydroxylation is 2. The van der Waals surface area contributed by atoms with Crippen molar-refractivity contribution in [1.29, 1.82) is 0 Å². The van der Waals surface area contributed by atoms with Gasteiger partial charge in [0.1, 0.15) is 5.69 Å². The predicted molar refractivity (Wildman–Crippen MR) is 108 cm³/mol. The molecule has 0 unspecified atom stereocenters. The molecule has 1 saturated heterocycles. The lowest BCUT2D eigenvalue weighted by molar-refractivity contribution is 0.102. The number of carbonyl (C=O) groups is 1. The molecule has 1 fully saturated rings. The van der Waals surface area contributed by atoms with Crippen LogP contribution in [0.1, 0.15) is 34.6 Å². The Morgan fingerprint density at radius 2 is 2.00 bits per heavy atom. The lowest BCUT2D eigenvalue weighted by atomic mass is 9.95. The van der Waals surface area contributed by atoms with E-state index in [4.69, 9.17) is 4.74 Å². The Morgan fingerprint density at radius 3 is 2.89 bits per heavy atom. The van der Waals surface area contributed by atoms with Crippen LogP contribution < -0.4 is 10.2 Å². The van der Waals surface area contributed by atoms with E-state index >= 15 is 0 Å². The average molecular weight is 377 g/mol. The second kappa shape index (κ2) is 7.24. The van der Waals surface area contributed by atoms with Gasteiger partial charge in [-0.3, -0.25) is 4.79 Å². The first kappa shape index (κ1) is 17.2. The molecule has 2 N–H and O–H groups in total. The lowest BCUT2D eigenvalue weighted by Crippen LogP contribution is -2.37. The van der Waals surface area contributed by atoms with Crippen molar-refractivity contribution in [2.45, 2.75) is 25.7 Å². The fourth-order valence-electron chi connectivity index (χ4n) is 4.07. The van der Waals surface area contributed by atoms with Crippen LogP contribution in [0, 0.1) is 0 Å². The minimum absolute atomic E-state index is 0.222. The summed E-state index contributed by atoms with van der Waals surface area (Å²) >= 11 is 0.